The molecule has 0 unspecified atom stereocenters. The van der Waals surface area contributed by atoms with Gasteiger partial charge >= 0.3 is 0 Å². The monoisotopic (exact) mass is 395 g/mol. The van der Waals surface area contributed by atoms with Crippen LogP contribution in [0, 0.1) is 5.82 Å². The summed E-state index contributed by atoms with van der Waals surface area (Å²) in [5.41, 5.74) is 0.305. The topological polar surface area (TPSA) is 105 Å². The number of carbonyl (C=O) groups is 2. The number of amides is 1. The van der Waals surface area contributed by atoms with Gasteiger partial charge in [0.05, 0.1) is 12.1 Å². The summed E-state index contributed by atoms with van der Waals surface area (Å²) in [7, 11) is 0. The molecule has 1 heterocycles. The first-order valence-corrected chi connectivity index (χ1v) is 8.68. The van der Waals surface area contributed by atoms with E-state index in [0.717, 1.165) is 16.8 Å². The lowest BCUT2D eigenvalue weighted by Gasteiger charge is -2.18. The first kappa shape index (κ1) is 20.0. The van der Waals surface area contributed by atoms with Crippen LogP contribution in [0.5, 0.6) is 5.75 Å². The summed E-state index contributed by atoms with van der Waals surface area (Å²) in [6, 6.07) is 14.5. The van der Waals surface area contributed by atoms with E-state index in [9.17, 15) is 18.8 Å². The van der Waals surface area contributed by atoms with Crippen LogP contribution in [0.1, 0.15) is 32.0 Å². The van der Waals surface area contributed by atoms with Crippen LogP contribution < -0.4 is 16.0 Å². The quantitative estimate of drug-likeness (QED) is 0.277. The molecule has 2 aromatic carbocycles. The lowest BCUT2D eigenvalue weighted by Crippen LogP contribution is -2.38. The van der Waals surface area contributed by atoms with Gasteiger partial charge in [0.2, 0.25) is 5.43 Å². The summed E-state index contributed by atoms with van der Waals surface area (Å²) in [5, 5.41) is 0.870. The molecule has 0 spiro atoms. The molecule has 0 atom stereocenters. The van der Waals surface area contributed by atoms with E-state index in [1.165, 1.54) is 24.3 Å². The van der Waals surface area contributed by atoms with Crippen LogP contribution in [0.15, 0.2) is 65.6 Å². The fourth-order valence-electron chi connectivity index (χ4n) is 2.64. The van der Waals surface area contributed by atoms with Gasteiger partial charge in [-0.15, -0.1) is 0 Å². The SMILES string of the molecule is NN(Cc1ccc(F)cc1)C(=O)c1[nH]cc(C=O)c(=O)c1OCc1ccccc1. The van der Waals surface area contributed by atoms with Gasteiger partial charge in [-0.2, -0.15) is 0 Å². The molecule has 1 amide bonds. The number of nitrogens with zero attached hydrogens (tertiary/aromatic N) is 1. The maximum atomic E-state index is 13.0. The van der Waals surface area contributed by atoms with Crippen molar-refractivity contribution in [2.45, 2.75) is 13.2 Å². The largest absolute Gasteiger partial charge is 0.483 e. The summed E-state index contributed by atoms with van der Waals surface area (Å²) >= 11 is 0. The molecule has 0 aliphatic heterocycles. The third kappa shape index (κ3) is 4.74. The number of nitrogens with two attached hydrogens (primary N) is 1. The van der Waals surface area contributed by atoms with Crippen molar-refractivity contribution in [1.82, 2.24) is 9.99 Å². The minimum Gasteiger partial charge on any atom is -0.483 e. The third-order valence-electron chi connectivity index (χ3n) is 4.16. The number of hydrogen-bond donors (Lipinski definition) is 2. The van der Waals surface area contributed by atoms with Crippen LogP contribution >= 0.6 is 0 Å². The lowest BCUT2D eigenvalue weighted by atomic mass is 10.2. The second-order valence-corrected chi connectivity index (χ2v) is 6.23. The van der Waals surface area contributed by atoms with Crippen LogP contribution in [0.4, 0.5) is 4.39 Å². The number of hydrogen-bond acceptors (Lipinski definition) is 5. The molecular weight excluding hydrogens is 377 g/mol. The van der Waals surface area contributed by atoms with Crippen LogP contribution in [0.3, 0.4) is 0 Å². The molecule has 7 nitrogen and oxygen atoms in total. The summed E-state index contributed by atoms with van der Waals surface area (Å²) in [4.78, 5) is 39.1. The van der Waals surface area contributed by atoms with E-state index in [0.29, 0.717) is 11.8 Å². The zero-order valence-electron chi connectivity index (χ0n) is 15.3. The van der Waals surface area contributed by atoms with Crippen molar-refractivity contribution in [3.05, 3.63) is 99.2 Å². The highest BCUT2D eigenvalue weighted by Crippen LogP contribution is 2.16. The van der Waals surface area contributed by atoms with Crippen LogP contribution in [0.25, 0.3) is 0 Å². The van der Waals surface area contributed by atoms with Gasteiger partial charge in [0.25, 0.3) is 5.91 Å². The van der Waals surface area contributed by atoms with Crippen molar-refractivity contribution in [3.8, 4) is 5.75 Å². The average Bonchev–Trinajstić information content (AvgIpc) is 2.74. The van der Waals surface area contributed by atoms with Crippen LogP contribution in [-0.2, 0) is 13.2 Å². The molecule has 0 fully saturated rings. The summed E-state index contributed by atoms with van der Waals surface area (Å²) < 4.78 is 18.6. The highest BCUT2D eigenvalue weighted by molar-refractivity contribution is 5.95. The van der Waals surface area contributed by atoms with Crippen LogP contribution in [-0.4, -0.2) is 22.2 Å². The van der Waals surface area contributed by atoms with Crippen molar-refractivity contribution >= 4 is 12.2 Å². The number of benzene rings is 2. The zero-order chi connectivity index (χ0) is 20.8. The molecule has 0 aliphatic carbocycles. The van der Waals surface area contributed by atoms with Gasteiger partial charge < -0.3 is 9.72 Å². The van der Waals surface area contributed by atoms with Crippen LogP contribution in [0.2, 0.25) is 0 Å². The standard InChI is InChI=1S/C21H18FN3O4/c22-17-8-6-14(7-9-17)11-25(23)21(28)18-20(19(27)16(12-26)10-24-18)29-13-15-4-2-1-3-5-15/h1-10,12H,11,13,23H2,(H,24,27). The number of hydrazine groups is 1. The van der Waals surface area contributed by atoms with Gasteiger partial charge in [0, 0.05) is 6.20 Å². The number of pyridine rings is 1. The molecule has 1 aromatic heterocycles. The van der Waals surface area contributed by atoms with Crippen molar-refractivity contribution in [2.75, 3.05) is 0 Å². The Morgan fingerprint density at radius 3 is 2.45 bits per heavy atom. The van der Waals surface area contributed by atoms with E-state index >= 15 is 0 Å². The van der Waals surface area contributed by atoms with Crippen molar-refractivity contribution in [3.63, 3.8) is 0 Å². The molecule has 8 heteroatoms. The van der Waals surface area contributed by atoms with Gasteiger partial charge in [-0.25, -0.2) is 10.2 Å². The molecule has 3 N–H and O–H groups in total. The zero-order valence-corrected chi connectivity index (χ0v) is 15.3. The number of halogens is 1. The lowest BCUT2D eigenvalue weighted by molar-refractivity contribution is 0.0731. The Labute approximate surface area is 165 Å². The van der Waals surface area contributed by atoms with Gasteiger partial charge in [0.15, 0.2) is 17.7 Å². The minimum absolute atomic E-state index is 0.0191. The Morgan fingerprint density at radius 1 is 1.10 bits per heavy atom. The van der Waals surface area contributed by atoms with Gasteiger partial charge in [0.1, 0.15) is 12.4 Å². The Balaban J connectivity index is 1.87. The van der Waals surface area contributed by atoms with Crippen molar-refractivity contribution in [2.24, 2.45) is 5.84 Å². The van der Waals surface area contributed by atoms with Gasteiger partial charge in [-0.3, -0.25) is 19.4 Å². The number of aldehydes is 1. The molecule has 0 saturated heterocycles. The molecule has 0 radical (unpaired) electrons. The molecule has 29 heavy (non-hydrogen) atoms. The maximum Gasteiger partial charge on any atom is 0.288 e. The average molecular weight is 395 g/mol. The van der Waals surface area contributed by atoms with Gasteiger partial charge in [-0.05, 0) is 23.3 Å². The second kappa shape index (κ2) is 8.94. The predicted molar refractivity (Wildman–Crippen MR) is 104 cm³/mol. The summed E-state index contributed by atoms with van der Waals surface area (Å²) in [6.07, 6.45) is 1.50. The van der Waals surface area contributed by atoms with E-state index in [-0.39, 0.29) is 30.2 Å². The first-order chi connectivity index (χ1) is 14.0. The Hall–Kier alpha value is -3.78. The third-order valence-corrected chi connectivity index (χ3v) is 4.16. The Kier molecular flexibility index (Phi) is 6.16. The first-order valence-electron chi connectivity index (χ1n) is 8.68. The smallest absolute Gasteiger partial charge is 0.288 e. The number of aromatic nitrogens is 1. The van der Waals surface area contributed by atoms with E-state index in [2.05, 4.69) is 4.98 Å². The predicted octanol–water partition coefficient (Wildman–Crippen LogP) is 2.42. The van der Waals surface area contributed by atoms with E-state index in [1.807, 2.05) is 6.07 Å². The highest BCUT2D eigenvalue weighted by Gasteiger charge is 2.23. The minimum atomic E-state index is -0.716. The molecule has 0 aliphatic rings. The summed E-state index contributed by atoms with van der Waals surface area (Å²) in [6.45, 7) is 0.00372. The molecule has 3 aromatic rings. The Bertz CT molecular complexity index is 1070. The second-order valence-electron chi connectivity index (χ2n) is 6.23. The number of H-pyrrole nitrogens is 1. The number of aromatic amines is 1. The molecule has 3 rings (SSSR count). The normalized spacial score (nSPS) is 10.4. The molecule has 0 saturated carbocycles. The van der Waals surface area contributed by atoms with E-state index < -0.39 is 17.2 Å². The fourth-order valence-corrected chi connectivity index (χ4v) is 2.64. The van der Waals surface area contributed by atoms with E-state index in [1.54, 1.807) is 24.3 Å². The number of ether oxygens (including phenoxy) is 1. The highest BCUT2D eigenvalue weighted by atomic mass is 19.1. The Morgan fingerprint density at radius 2 is 1.79 bits per heavy atom. The van der Waals surface area contributed by atoms with Gasteiger partial charge in [-0.1, -0.05) is 42.5 Å². The molecular formula is C21H18FN3O4. The summed E-state index contributed by atoms with van der Waals surface area (Å²) in [5.74, 6) is 4.44. The molecule has 0 bridgehead atoms. The number of nitrogens with one attached hydrogen (secondary N) is 1. The van der Waals surface area contributed by atoms with E-state index in [4.69, 9.17) is 10.6 Å². The number of rotatable bonds is 7. The molecule has 148 valence electrons. The van der Waals surface area contributed by atoms with Crippen molar-refractivity contribution in [1.29, 1.82) is 0 Å². The number of carbonyl (C=O) groups excluding carboxylic acids is 2. The van der Waals surface area contributed by atoms with Crippen molar-refractivity contribution < 1.29 is 18.7 Å². The maximum absolute atomic E-state index is 13.0. The fraction of sp³-hybridized carbons (Fsp3) is 0.0952.